The molecule has 0 amide bonds. The fourth-order valence-electron chi connectivity index (χ4n) is 2.82. The predicted molar refractivity (Wildman–Crippen MR) is 92.3 cm³/mol. The molecule has 0 fully saturated rings. The average molecular weight is 307 g/mol. The van der Waals surface area contributed by atoms with E-state index in [9.17, 15) is 5.26 Å². The summed E-state index contributed by atoms with van der Waals surface area (Å²) >= 11 is 1.54. The van der Waals surface area contributed by atoms with Gasteiger partial charge in [-0.3, -0.25) is 4.98 Å². The van der Waals surface area contributed by atoms with Gasteiger partial charge in [0.15, 0.2) is 0 Å². The molecule has 2 aromatic rings. The molecule has 2 N–H and O–H groups in total. The highest BCUT2D eigenvalue weighted by Gasteiger charge is 2.32. The molecular formula is C18H17N3S. The van der Waals surface area contributed by atoms with Gasteiger partial charge in [0.1, 0.15) is 11.1 Å². The first-order valence-electron chi connectivity index (χ1n) is 7.14. The third-order valence-electron chi connectivity index (χ3n) is 3.83. The van der Waals surface area contributed by atoms with Gasteiger partial charge in [0.05, 0.1) is 11.3 Å². The number of aromatic nitrogens is 1. The Hall–Kier alpha value is -2.38. The van der Waals surface area contributed by atoms with Crippen molar-refractivity contribution < 1.29 is 0 Å². The van der Waals surface area contributed by atoms with Crippen LogP contribution < -0.4 is 5.73 Å². The summed E-state index contributed by atoms with van der Waals surface area (Å²) in [6.45, 7) is 4.40. The van der Waals surface area contributed by atoms with Crippen LogP contribution in [0.15, 0.2) is 36.0 Å². The summed E-state index contributed by atoms with van der Waals surface area (Å²) < 4.78 is 0. The maximum atomic E-state index is 9.35. The molecule has 4 heteroatoms. The number of nitrogens with two attached hydrogens (primary N) is 1. The first kappa shape index (κ1) is 14.6. The van der Waals surface area contributed by atoms with Crippen molar-refractivity contribution in [1.29, 1.82) is 5.26 Å². The van der Waals surface area contributed by atoms with Crippen LogP contribution in [0.4, 0.5) is 5.00 Å². The molecule has 3 nitrogen and oxygen atoms in total. The highest BCUT2D eigenvalue weighted by Crippen LogP contribution is 2.46. The molecule has 1 aliphatic carbocycles. The Balaban J connectivity index is 2.02. The number of fused-ring (bicyclic) bond motifs is 1. The molecule has 110 valence electrons. The van der Waals surface area contributed by atoms with Crippen molar-refractivity contribution in [3.63, 3.8) is 0 Å². The van der Waals surface area contributed by atoms with Crippen molar-refractivity contribution in [3.05, 3.63) is 57.7 Å². The van der Waals surface area contributed by atoms with Crippen LogP contribution in [-0.2, 0) is 5.41 Å². The number of hydrogen-bond acceptors (Lipinski definition) is 4. The molecule has 2 aromatic heterocycles. The lowest BCUT2D eigenvalue weighted by Crippen LogP contribution is -2.20. The maximum absolute atomic E-state index is 9.35. The van der Waals surface area contributed by atoms with E-state index in [1.165, 1.54) is 21.8 Å². The zero-order valence-electron chi connectivity index (χ0n) is 12.6. The van der Waals surface area contributed by atoms with E-state index in [1.807, 2.05) is 24.3 Å². The van der Waals surface area contributed by atoms with E-state index in [4.69, 9.17) is 5.73 Å². The third-order valence-corrected chi connectivity index (χ3v) is 5.23. The standard InChI is InChI=1S/C18H17N3S/c1-18(2)10-12(6-7-13-5-3-4-8-21-13)9-14-15(11-19)17(20)22-16(14)18/h3-9H,10,20H2,1-2H3/b7-6-. The lowest BCUT2D eigenvalue weighted by molar-refractivity contribution is 0.531. The minimum Gasteiger partial charge on any atom is -0.389 e. The maximum Gasteiger partial charge on any atom is 0.105 e. The molecule has 0 aromatic carbocycles. The van der Waals surface area contributed by atoms with Gasteiger partial charge in [-0.15, -0.1) is 11.3 Å². The molecule has 0 saturated heterocycles. The second kappa shape index (κ2) is 5.43. The number of anilines is 1. The summed E-state index contributed by atoms with van der Waals surface area (Å²) in [6, 6.07) is 8.08. The van der Waals surface area contributed by atoms with Crippen molar-refractivity contribution in [2.24, 2.45) is 0 Å². The molecule has 1 aliphatic rings. The molecule has 0 saturated carbocycles. The Morgan fingerprint density at radius 3 is 2.86 bits per heavy atom. The average Bonchev–Trinajstić information content (AvgIpc) is 2.82. The molecule has 0 radical (unpaired) electrons. The smallest absolute Gasteiger partial charge is 0.105 e. The van der Waals surface area contributed by atoms with E-state index in [1.54, 1.807) is 6.20 Å². The van der Waals surface area contributed by atoms with Gasteiger partial charge < -0.3 is 5.73 Å². The molecule has 0 atom stereocenters. The summed E-state index contributed by atoms with van der Waals surface area (Å²) in [6.07, 6.45) is 8.89. The second-order valence-electron chi connectivity index (χ2n) is 6.06. The van der Waals surface area contributed by atoms with E-state index in [0.29, 0.717) is 10.6 Å². The zero-order valence-corrected chi connectivity index (χ0v) is 13.4. The predicted octanol–water partition coefficient (Wildman–Crippen LogP) is 4.38. The number of pyridine rings is 1. The Morgan fingerprint density at radius 2 is 2.18 bits per heavy atom. The lowest BCUT2D eigenvalue weighted by Gasteiger charge is -2.29. The molecular weight excluding hydrogens is 290 g/mol. The Bertz CT molecular complexity index is 805. The number of nitriles is 1. The van der Waals surface area contributed by atoms with Crippen LogP contribution in [0.3, 0.4) is 0 Å². The Morgan fingerprint density at radius 1 is 1.36 bits per heavy atom. The second-order valence-corrected chi connectivity index (χ2v) is 7.12. The first-order valence-corrected chi connectivity index (χ1v) is 7.95. The van der Waals surface area contributed by atoms with Crippen LogP contribution >= 0.6 is 11.3 Å². The van der Waals surface area contributed by atoms with Crippen LogP contribution in [0.5, 0.6) is 0 Å². The van der Waals surface area contributed by atoms with E-state index in [-0.39, 0.29) is 5.41 Å². The Kier molecular flexibility index (Phi) is 3.59. The number of thiophene rings is 1. The largest absolute Gasteiger partial charge is 0.389 e. The topological polar surface area (TPSA) is 62.7 Å². The van der Waals surface area contributed by atoms with Gasteiger partial charge in [0.25, 0.3) is 0 Å². The monoisotopic (exact) mass is 307 g/mol. The summed E-state index contributed by atoms with van der Waals surface area (Å²) in [5.74, 6) is 0. The minimum atomic E-state index is -0.0121. The minimum absolute atomic E-state index is 0.0121. The highest BCUT2D eigenvalue weighted by atomic mass is 32.1. The van der Waals surface area contributed by atoms with Crippen LogP contribution in [0.25, 0.3) is 12.2 Å². The van der Waals surface area contributed by atoms with Crippen LogP contribution in [0.1, 0.15) is 42.0 Å². The third kappa shape index (κ3) is 2.56. The van der Waals surface area contributed by atoms with E-state index in [2.05, 4.69) is 37.1 Å². The summed E-state index contributed by atoms with van der Waals surface area (Å²) in [5.41, 5.74) is 9.71. The normalized spacial score (nSPS) is 16.1. The van der Waals surface area contributed by atoms with Crippen LogP contribution in [0.2, 0.25) is 0 Å². The lowest BCUT2D eigenvalue weighted by atomic mass is 9.77. The SMILES string of the molecule is CC1(C)CC(/C=C\c2ccccn2)=Cc2c1sc(N)c2C#N. The quantitative estimate of drug-likeness (QED) is 0.895. The van der Waals surface area contributed by atoms with Crippen molar-refractivity contribution in [1.82, 2.24) is 4.98 Å². The van der Waals surface area contributed by atoms with Gasteiger partial charge in [-0.2, -0.15) is 5.26 Å². The number of nitrogens with zero attached hydrogens (tertiary/aromatic N) is 2. The zero-order chi connectivity index (χ0) is 15.7. The van der Waals surface area contributed by atoms with Gasteiger partial charge >= 0.3 is 0 Å². The first-order chi connectivity index (χ1) is 10.5. The summed E-state index contributed by atoms with van der Waals surface area (Å²) in [5, 5.41) is 9.96. The van der Waals surface area contributed by atoms with Gasteiger partial charge in [-0.05, 0) is 36.3 Å². The summed E-state index contributed by atoms with van der Waals surface area (Å²) in [7, 11) is 0. The Labute approximate surface area is 134 Å². The fraction of sp³-hybridized carbons (Fsp3) is 0.222. The van der Waals surface area contributed by atoms with Gasteiger partial charge in [0.2, 0.25) is 0 Å². The fourth-order valence-corrected chi connectivity index (χ4v) is 3.92. The van der Waals surface area contributed by atoms with E-state index in [0.717, 1.165) is 17.7 Å². The molecule has 0 aliphatic heterocycles. The van der Waals surface area contributed by atoms with Gasteiger partial charge in [-0.1, -0.05) is 26.0 Å². The van der Waals surface area contributed by atoms with Crippen LogP contribution in [0, 0.1) is 11.3 Å². The van der Waals surface area contributed by atoms with Crippen molar-refractivity contribution in [3.8, 4) is 6.07 Å². The molecule has 2 heterocycles. The van der Waals surface area contributed by atoms with Gasteiger partial charge in [-0.25, -0.2) is 0 Å². The number of nitrogen functional groups attached to an aromatic ring is 1. The van der Waals surface area contributed by atoms with Crippen LogP contribution in [-0.4, -0.2) is 4.98 Å². The van der Waals surface area contributed by atoms with E-state index >= 15 is 0 Å². The molecule has 0 bridgehead atoms. The summed E-state index contributed by atoms with van der Waals surface area (Å²) in [4.78, 5) is 5.50. The number of rotatable bonds is 2. The number of hydrogen-bond donors (Lipinski definition) is 1. The highest BCUT2D eigenvalue weighted by molar-refractivity contribution is 7.16. The van der Waals surface area contributed by atoms with Crippen molar-refractivity contribution in [2.45, 2.75) is 25.7 Å². The molecule has 0 unspecified atom stereocenters. The molecule has 22 heavy (non-hydrogen) atoms. The van der Waals surface area contributed by atoms with E-state index < -0.39 is 0 Å². The van der Waals surface area contributed by atoms with Crippen molar-refractivity contribution in [2.75, 3.05) is 5.73 Å². The molecule has 0 spiro atoms. The van der Waals surface area contributed by atoms with Crippen molar-refractivity contribution >= 4 is 28.5 Å². The van der Waals surface area contributed by atoms with Gasteiger partial charge in [0, 0.05) is 22.1 Å². The molecule has 3 rings (SSSR count). The number of allylic oxidation sites excluding steroid dienone is 2.